The second-order valence-electron chi connectivity index (χ2n) is 8.25. The highest BCUT2D eigenvalue weighted by Gasteiger charge is 2.44. The first-order valence-corrected chi connectivity index (χ1v) is 10.4. The number of aliphatic hydroxyl groups is 1. The average Bonchev–Trinajstić information content (AvgIpc) is 2.78. The summed E-state index contributed by atoms with van der Waals surface area (Å²) in [4.78, 5) is 13.5. The first-order chi connectivity index (χ1) is 14.1. The van der Waals surface area contributed by atoms with Crippen LogP contribution in [-0.2, 0) is 27.8 Å². The molecule has 29 heavy (non-hydrogen) atoms. The highest BCUT2D eigenvalue weighted by Crippen LogP contribution is 2.40. The van der Waals surface area contributed by atoms with Crippen LogP contribution in [0.1, 0.15) is 36.0 Å². The third kappa shape index (κ3) is 3.89. The van der Waals surface area contributed by atoms with Crippen LogP contribution in [0.3, 0.4) is 0 Å². The average molecular weight is 395 g/mol. The molecule has 1 fully saturated rings. The summed E-state index contributed by atoms with van der Waals surface area (Å²) in [5.41, 5.74) is 1.73. The second-order valence-corrected chi connectivity index (χ2v) is 8.25. The Labute approximate surface area is 172 Å². The van der Waals surface area contributed by atoms with Crippen LogP contribution in [0.2, 0.25) is 0 Å². The van der Waals surface area contributed by atoms with Gasteiger partial charge in [0.1, 0.15) is 5.75 Å². The summed E-state index contributed by atoms with van der Waals surface area (Å²) in [6.45, 7) is 1.31. The molecule has 0 bridgehead atoms. The van der Waals surface area contributed by atoms with Gasteiger partial charge in [0.25, 0.3) is 0 Å². The van der Waals surface area contributed by atoms with E-state index in [0.29, 0.717) is 38.9 Å². The predicted octanol–water partition coefficient (Wildman–Crippen LogP) is 2.78. The molecule has 1 heterocycles. The summed E-state index contributed by atoms with van der Waals surface area (Å²) in [6, 6.07) is 15.9. The molecule has 1 aliphatic carbocycles. The highest BCUT2D eigenvalue weighted by molar-refractivity contribution is 5.89. The Kier molecular flexibility index (Phi) is 5.61. The fraction of sp³-hybridized carbons (Fsp3) is 0.458. The fourth-order valence-electron chi connectivity index (χ4n) is 4.73. The topological polar surface area (TPSA) is 67.8 Å². The molecular formula is C24H29NO4. The van der Waals surface area contributed by atoms with Gasteiger partial charge in [-0.25, -0.2) is 0 Å². The number of fused-ring (bicyclic) bond motifs is 1. The molecule has 5 heteroatoms. The first kappa shape index (κ1) is 19.9. The van der Waals surface area contributed by atoms with E-state index in [4.69, 9.17) is 9.47 Å². The first-order valence-electron chi connectivity index (χ1n) is 10.4. The number of amides is 1. The number of hydrogen-bond donors (Lipinski definition) is 2. The molecule has 4 rings (SSSR count). The maximum atomic E-state index is 13.5. The largest absolute Gasteiger partial charge is 0.496 e. The van der Waals surface area contributed by atoms with E-state index < -0.39 is 11.0 Å². The van der Waals surface area contributed by atoms with E-state index in [1.807, 2.05) is 36.4 Å². The van der Waals surface area contributed by atoms with Crippen molar-refractivity contribution in [3.63, 3.8) is 0 Å². The quantitative estimate of drug-likeness (QED) is 0.817. The van der Waals surface area contributed by atoms with Crippen LogP contribution in [-0.4, -0.2) is 43.5 Å². The summed E-state index contributed by atoms with van der Waals surface area (Å²) < 4.78 is 11.1. The van der Waals surface area contributed by atoms with E-state index >= 15 is 0 Å². The molecule has 0 radical (unpaired) electrons. The van der Waals surface area contributed by atoms with E-state index in [1.54, 1.807) is 7.11 Å². The molecule has 1 aliphatic heterocycles. The van der Waals surface area contributed by atoms with Crippen LogP contribution in [0.4, 0.5) is 0 Å². The van der Waals surface area contributed by atoms with Crippen molar-refractivity contribution in [1.29, 1.82) is 0 Å². The van der Waals surface area contributed by atoms with E-state index in [9.17, 15) is 9.90 Å². The minimum absolute atomic E-state index is 0.0578. The molecule has 5 nitrogen and oxygen atoms in total. The number of rotatable bonds is 5. The molecule has 0 saturated carbocycles. The number of hydrogen-bond acceptors (Lipinski definition) is 4. The van der Waals surface area contributed by atoms with Gasteiger partial charge >= 0.3 is 0 Å². The zero-order valence-corrected chi connectivity index (χ0v) is 16.9. The summed E-state index contributed by atoms with van der Waals surface area (Å²) >= 11 is 0. The van der Waals surface area contributed by atoms with Crippen molar-refractivity contribution in [1.82, 2.24) is 5.32 Å². The summed E-state index contributed by atoms with van der Waals surface area (Å²) in [6.07, 6.45) is 3.23. The van der Waals surface area contributed by atoms with E-state index in [1.165, 1.54) is 11.1 Å². The van der Waals surface area contributed by atoms with Gasteiger partial charge in [0.2, 0.25) is 5.91 Å². The van der Waals surface area contributed by atoms with Crippen LogP contribution in [0.5, 0.6) is 5.75 Å². The predicted molar refractivity (Wildman–Crippen MR) is 111 cm³/mol. The Morgan fingerprint density at radius 2 is 1.76 bits per heavy atom. The number of carbonyl (C=O) groups excluding carboxylic acids is 1. The summed E-state index contributed by atoms with van der Waals surface area (Å²) in [5.74, 6) is 0.660. The Balaban J connectivity index is 1.54. The second kappa shape index (κ2) is 8.17. The molecule has 1 saturated heterocycles. The van der Waals surface area contributed by atoms with Gasteiger partial charge in [-0.3, -0.25) is 4.79 Å². The SMILES string of the molecule is COc1ccccc1C1(C(=O)NCC2(O)CCc3ccccc3C2)CCOCC1. The Morgan fingerprint density at radius 1 is 1.07 bits per heavy atom. The normalized spacial score (nSPS) is 23.1. The molecule has 2 aliphatic rings. The number of benzene rings is 2. The molecule has 2 aromatic rings. The third-order valence-electron chi connectivity index (χ3n) is 6.48. The van der Waals surface area contributed by atoms with Gasteiger partial charge in [0.15, 0.2) is 0 Å². The van der Waals surface area contributed by atoms with Crippen molar-refractivity contribution in [2.45, 2.75) is 43.1 Å². The van der Waals surface area contributed by atoms with Crippen molar-refractivity contribution in [3.05, 3.63) is 65.2 Å². The van der Waals surface area contributed by atoms with Gasteiger partial charge in [0, 0.05) is 31.7 Å². The molecule has 1 atom stereocenters. The summed E-state index contributed by atoms with van der Waals surface area (Å²) in [5, 5.41) is 14.2. The fourth-order valence-corrected chi connectivity index (χ4v) is 4.73. The molecule has 1 unspecified atom stereocenters. The van der Waals surface area contributed by atoms with E-state index in [-0.39, 0.29) is 12.5 Å². The van der Waals surface area contributed by atoms with Crippen molar-refractivity contribution < 1.29 is 19.4 Å². The van der Waals surface area contributed by atoms with Gasteiger partial charge in [-0.05, 0) is 42.9 Å². The molecule has 0 spiro atoms. The maximum Gasteiger partial charge on any atom is 0.231 e. The van der Waals surface area contributed by atoms with Crippen LogP contribution < -0.4 is 10.1 Å². The zero-order valence-electron chi connectivity index (χ0n) is 16.9. The van der Waals surface area contributed by atoms with Gasteiger partial charge in [-0.1, -0.05) is 42.5 Å². The number of carbonyl (C=O) groups is 1. The lowest BCUT2D eigenvalue weighted by molar-refractivity contribution is -0.132. The van der Waals surface area contributed by atoms with Crippen molar-refractivity contribution in [2.24, 2.45) is 0 Å². The lowest BCUT2D eigenvalue weighted by Gasteiger charge is -2.39. The number of aryl methyl sites for hydroxylation is 1. The summed E-state index contributed by atoms with van der Waals surface area (Å²) in [7, 11) is 1.63. The Hall–Kier alpha value is -2.37. The number of ether oxygens (including phenoxy) is 2. The lowest BCUT2D eigenvalue weighted by atomic mass is 9.72. The van der Waals surface area contributed by atoms with Crippen LogP contribution in [0.15, 0.2) is 48.5 Å². The van der Waals surface area contributed by atoms with Gasteiger partial charge in [0.05, 0.1) is 18.1 Å². The van der Waals surface area contributed by atoms with Crippen LogP contribution in [0, 0.1) is 0 Å². The lowest BCUT2D eigenvalue weighted by Crippen LogP contribution is -2.53. The zero-order chi connectivity index (χ0) is 20.3. The molecule has 0 aromatic heterocycles. The number of nitrogens with one attached hydrogen (secondary N) is 1. The molecular weight excluding hydrogens is 366 g/mol. The monoisotopic (exact) mass is 395 g/mol. The molecule has 2 aromatic carbocycles. The van der Waals surface area contributed by atoms with E-state index in [2.05, 4.69) is 17.4 Å². The van der Waals surface area contributed by atoms with Crippen LogP contribution in [0.25, 0.3) is 0 Å². The Morgan fingerprint density at radius 3 is 2.52 bits per heavy atom. The van der Waals surface area contributed by atoms with Crippen molar-refractivity contribution in [3.8, 4) is 5.75 Å². The van der Waals surface area contributed by atoms with Crippen molar-refractivity contribution >= 4 is 5.91 Å². The van der Waals surface area contributed by atoms with E-state index in [0.717, 1.165) is 17.7 Å². The van der Waals surface area contributed by atoms with Crippen LogP contribution >= 0.6 is 0 Å². The van der Waals surface area contributed by atoms with Gasteiger partial charge in [-0.15, -0.1) is 0 Å². The maximum absolute atomic E-state index is 13.5. The number of methoxy groups -OCH3 is 1. The minimum Gasteiger partial charge on any atom is -0.496 e. The number of para-hydroxylation sites is 1. The highest BCUT2D eigenvalue weighted by atomic mass is 16.5. The Bertz CT molecular complexity index is 875. The molecule has 154 valence electrons. The van der Waals surface area contributed by atoms with Crippen molar-refractivity contribution in [2.75, 3.05) is 26.9 Å². The van der Waals surface area contributed by atoms with Gasteiger partial charge < -0.3 is 19.9 Å². The smallest absolute Gasteiger partial charge is 0.231 e. The van der Waals surface area contributed by atoms with Gasteiger partial charge in [-0.2, -0.15) is 0 Å². The molecule has 1 amide bonds. The minimum atomic E-state index is -0.919. The third-order valence-corrected chi connectivity index (χ3v) is 6.48. The standard InChI is InChI=1S/C24H29NO4/c1-28-21-9-5-4-8-20(21)24(12-14-29-15-13-24)22(26)25-17-23(27)11-10-18-6-2-3-7-19(18)16-23/h2-9,27H,10-17H2,1H3,(H,25,26). The molecule has 2 N–H and O–H groups in total.